The van der Waals surface area contributed by atoms with Crippen LogP contribution in [0.1, 0.15) is 20.3 Å². The van der Waals surface area contributed by atoms with E-state index in [-0.39, 0.29) is 0 Å². The molecule has 0 aromatic heterocycles. The first-order chi connectivity index (χ1) is 5.00. The molecule has 0 saturated carbocycles. The number of hydrogen-bond donors (Lipinski definition) is 2. The van der Waals surface area contributed by atoms with Gasteiger partial charge in [-0.25, -0.2) is 4.79 Å². The molecule has 0 spiro atoms. The molecule has 0 unspecified atom stereocenters. The number of rotatable bonds is 5. The van der Waals surface area contributed by atoms with E-state index in [4.69, 9.17) is 15.6 Å². The van der Waals surface area contributed by atoms with Crippen LogP contribution in [0.2, 0.25) is 0 Å². The fourth-order valence-electron chi connectivity index (χ4n) is 0.472. The van der Waals surface area contributed by atoms with Crippen molar-refractivity contribution in [2.45, 2.75) is 25.9 Å². The zero-order valence-electron chi connectivity index (χ0n) is 6.96. The third kappa shape index (κ3) is 3.95. The highest BCUT2D eigenvalue weighted by Gasteiger charge is 2.27. The molecule has 0 aliphatic heterocycles. The summed E-state index contributed by atoms with van der Waals surface area (Å²) in [5.74, 6) is -0.950. The highest BCUT2D eigenvalue weighted by atomic mass is 16.5. The molecule has 0 aliphatic carbocycles. The molecule has 0 aliphatic rings. The Morgan fingerprint density at radius 2 is 2.18 bits per heavy atom. The molecule has 0 aromatic rings. The summed E-state index contributed by atoms with van der Waals surface area (Å²) in [6, 6.07) is 0. The van der Waals surface area contributed by atoms with Crippen LogP contribution in [0, 0.1) is 0 Å². The second-order valence-electron chi connectivity index (χ2n) is 2.81. The summed E-state index contributed by atoms with van der Waals surface area (Å²) >= 11 is 0. The Kier molecular flexibility index (Phi) is 4.07. The average Bonchev–Trinajstić information content (AvgIpc) is 1.88. The average molecular weight is 161 g/mol. The van der Waals surface area contributed by atoms with Crippen molar-refractivity contribution in [1.29, 1.82) is 0 Å². The third-order valence-corrected chi connectivity index (χ3v) is 1.33. The fraction of sp³-hybridized carbons (Fsp3) is 0.857. The molecule has 4 nitrogen and oxygen atoms in total. The Hall–Kier alpha value is -0.610. The summed E-state index contributed by atoms with van der Waals surface area (Å²) in [5, 5.41) is 8.58. The van der Waals surface area contributed by atoms with E-state index < -0.39 is 11.6 Å². The molecule has 11 heavy (non-hydrogen) atoms. The van der Waals surface area contributed by atoms with Gasteiger partial charge in [0, 0.05) is 6.61 Å². The van der Waals surface area contributed by atoms with Crippen LogP contribution in [-0.2, 0) is 9.53 Å². The van der Waals surface area contributed by atoms with Crippen molar-refractivity contribution >= 4 is 5.97 Å². The summed E-state index contributed by atoms with van der Waals surface area (Å²) in [6.45, 7) is 3.96. The van der Waals surface area contributed by atoms with E-state index in [2.05, 4.69) is 0 Å². The zero-order chi connectivity index (χ0) is 8.91. The monoisotopic (exact) mass is 161 g/mol. The molecule has 0 rings (SSSR count). The lowest BCUT2D eigenvalue weighted by atomic mass is 10.1. The van der Waals surface area contributed by atoms with Crippen molar-refractivity contribution in [1.82, 2.24) is 0 Å². The van der Waals surface area contributed by atoms with Crippen LogP contribution in [0.3, 0.4) is 0 Å². The number of carbonyl (C=O) groups is 1. The van der Waals surface area contributed by atoms with Crippen LogP contribution < -0.4 is 5.73 Å². The quantitative estimate of drug-likeness (QED) is 0.565. The molecule has 0 aromatic carbocycles. The summed E-state index contributed by atoms with van der Waals surface area (Å²) in [6.07, 6.45) is 0.691. The van der Waals surface area contributed by atoms with Crippen LogP contribution in [0.5, 0.6) is 0 Å². The highest BCUT2D eigenvalue weighted by molar-refractivity contribution is 5.76. The van der Waals surface area contributed by atoms with Gasteiger partial charge in [-0.1, -0.05) is 0 Å². The number of carboxylic acid groups (broad SMARTS) is 1. The number of nitrogens with two attached hydrogens (primary N) is 1. The minimum absolute atomic E-state index is 0.399. The molecular weight excluding hydrogens is 146 g/mol. The first-order valence-corrected chi connectivity index (χ1v) is 3.58. The SMILES string of the molecule is CC(C)(OCCCN)C(=O)O. The minimum Gasteiger partial charge on any atom is -0.479 e. The Balaban J connectivity index is 3.64. The van der Waals surface area contributed by atoms with E-state index in [1.165, 1.54) is 13.8 Å². The van der Waals surface area contributed by atoms with Gasteiger partial charge in [0.1, 0.15) is 0 Å². The molecule has 0 bridgehead atoms. The molecule has 0 heterocycles. The predicted molar refractivity (Wildman–Crippen MR) is 41.3 cm³/mol. The van der Waals surface area contributed by atoms with E-state index in [1.807, 2.05) is 0 Å². The van der Waals surface area contributed by atoms with Gasteiger partial charge in [0.05, 0.1) is 0 Å². The van der Waals surface area contributed by atoms with Crippen molar-refractivity contribution < 1.29 is 14.6 Å². The van der Waals surface area contributed by atoms with Gasteiger partial charge in [0.25, 0.3) is 0 Å². The molecule has 3 N–H and O–H groups in total. The maximum Gasteiger partial charge on any atom is 0.335 e. The maximum absolute atomic E-state index is 10.5. The first-order valence-electron chi connectivity index (χ1n) is 3.58. The smallest absolute Gasteiger partial charge is 0.335 e. The van der Waals surface area contributed by atoms with Gasteiger partial charge in [-0.05, 0) is 26.8 Å². The summed E-state index contributed by atoms with van der Waals surface area (Å²) in [4.78, 5) is 10.5. The van der Waals surface area contributed by atoms with Crippen LogP contribution in [-0.4, -0.2) is 29.8 Å². The lowest BCUT2D eigenvalue weighted by Gasteiger charge is -2.19. The van der Waals surface area contributed by atoms with Crippen LogP contribution in [0.15, 0.2) is 0 Å². The highest BCUT2D eigenvalue weighted by Crippen LogP contribution is 2.08. The lowest BCUT2D eigenvalue weighted by molar-refractivity contribution is -0.161. The van der Waals surface area contributed by atoms with Crippen molar-refractivity contribution in [3.8, 4) is 0 Å². The van der Waals surface area contributed by atoms with Crippen molar-refractivity contribution in [3.05, 3.63) is 0 Å². The second kappa shape index (κ2) is 4.31. The maximum atomic E-state index is 10.5. The van der Waals surface area contributed by atoms with E-state index >= 15 is 0 Å². The predicted octanol–water partition coefficient (Wildman–Crippen LogP) is 0.215. The topological polar surface area (TPSA) is 72.5 Å². The van der Waals surface area contributed by atoms with Gasteiger partial charge < -0.3 is 15.6 Å². The van der Waals surface area contributed by atoms with Crippen molar-refractivity contribution in [3.63, 3.8) is 0 Å². The van der Waals surface area contributed by atoms with Crippen LogP contribution in [0.4, 0.5) is 0 Å². The van der Waals surface area contributed by atoms with Gasteiger partial charge in [-0.15, -0.1) is 0 Å². The molecule has 0 fully saturated rings. The molecule has 0 atom stereocenters. The Labute approximate surface area is 66.3 Å². The van der Waals surface area contributed by atoms with Crippen molar-refractivity contribution in [2.75, 3.05) is 13.2 Å². The molecule has 0 saturated heterocycles. The standard InChI is InChI=1S/C7H15NO3/c1-7(2,6(9)10)11-5-3-4-8/h3-5,8H2,1-2H3,(H,9,10). The second-order valence-corrected chi connectivity index (χ2v) is 2.81. The van der Waals surface area contributed by atoms with Gasteiger partial charge in [0.2, 0.25) is 0 Å². The molecule has 0 radical (unpaired) electrons. The van der Waals surface area contributed by atoms with E-state index in [1.54, 1.807) is 0 Å². The van der Waals surface area contributed by atoms with E-state index in [9.17, 15) is 4.79 Å². The van der Waals surface area contributed by atoms with E-state index in [0.29, 0.717) is 19.6 Å². The Bertz CT molecular complexity index is 134. The van der Waals surface area contributed by atoms with Gasteiger partial charge in [-0.2, -0.15) is 0 Å². The molecule has 4 heteroatoms. The Morgan fingerprint density at radius 1 is 1.64 bits per heavy atom. The number of ether oxygens (including phenoxy) is 1. The van der Waals surface area contributed by atoms with Crippen LogP contribution >= 0.6 is 0 Å². The molecule has 0 amide bonds. The molecular formula is C7H15NO3. The summed E-state index contributed by atoms with van der Waals surface area (Å²) < 4.78 is 5.05. The lowest BCUT2D eigenvalue weighted by Crippen LogP contribution is -2.35. The fourth-order valence-corrected chi connectivity index (χ4v) is 0.472. The van der Waals surface area contributed by atoms with Crippen LogP contribution in [0.25, 0.3) is 0 Å². The first kappa shape index (κ1) is 10.4. The van der Waals surface area contributed by atoms with Crippen molar-refractivity contribution in [2.24, 2.45) is 5.73 Å². The Morgan fingerprint density at radius 3 is 2.55 bits per heavy atom. The number of carboxylic acids is 1. The number of hydrogen-bond acceptors (Lipinski definition) is 3. The summed E-state index contributed by atoms with van der Waals surface area (Å²) in [5.41, 5.74) is 4.12. The molecule has 66 valence electrons. The zero-order valence-corrected chi connectivity index (χ0v) is 6.96. The normalized spacial score (nSPS) is 11.5. The number of aliphatic carboxylic acids is 1. The largest absolute Gasteiger partial charge is 0.479 e. The van der Waals surface area contributed by atoms with Gasteiger partial charge in [0.15, 0.2) is 5.60 Å². The van der Waals surface area contributed by atoms with Gasteiger partial charge in [-0.3, -0.25) is 0 Å². The van der Waals surface area contributed by atoms with E-state index in [0.717, 1.165) is 0 Å². The third-order valence-electron chi connectivity index (χ3n) is 1.33. The van der Waals surface area contributed by atoms with Gasteiger partial charge >= 0.3 is 5.97 Å². The minimum atomic E-state index is -1.09. The summed E-state index contributed by atoms with van der Waals surface area (Å²) in [7, 11) is 0.